The summed E-state index contributed by atoms with van der Waals surface area (Å²) < 4.78 is 21.2. The molecule has 2 heterocycles. The molecular weight excluding hydrogens is 380 g/mol. The summed E-state index contributed by atoms with van der Waals surface area (Å²) in [5.41, 5.74) is 0. The van der Waals surface area contributed by atoms with Gasteiger partial charge < -0.3 is 0 Å². The minimum atomic E-state index is -0.694. The van der Waals surface area contributed by atoms with Gasteiger partial charge in [-0.15, -0.1) is 0 Å². The summed E-state index contributed by atoms with van der Waals surface area (Å²) in [6, 6.07) is 0. The third-order valence-electron chi connectivity index (χ3n) is 2.26. The Hall–Kier alpha value is 0.272. The second-order valence-electron chi connectivity index (χ2n) is 3.83. The summed E-state index contributed by atoms with van der Waals surface area (Å²) in [4.78, 5) is 11.4. The van der Waals surface area contributed by atoms with Gasteiger partial charge in [0.15, 0.2) is 0 Å². The van der Waals surface area contributed by atoms with Gasteiger partial charge >= 0.3 is 98.4 Å². The monoisotopic (exact) mass is 392 g/mol. The van der Waals surface area contributed by atoms with Crippen LogP contribution in [-0.4, -0.2) is 62.9 Å². The zero-order chi connectivity index (χ0) is 10.3. The van der Waals surface area contributed by atoms with Gasteiger partial charge in [0.25, 0.3) is 0 Å². The van der Waals surface area contributed by atoms with Gasteiger partial charge in [-0.25, -0.2) is 0 Å². The van der Waals surface area contributed by atoms with Crippen LogP contribution in [0.4, 0.5) is 0 Å². The molecule has 0 bridgehead atoms. The predicted octanol–water partition coefficient (Wildman–Crippen LogP) is -0.468. The van der Waals surface area contributed by atoms with Crippen LogP contribution in [0.25, 0.3) is 0 Å². The molecule has 14 heavy (non-hydrogen) atoms. The van der Waals surface area contributed by atoms with Gasteiger partial charge in [-0.2, -0.15) is 0 Å². The minimum absolute atomic E-state index is 0.306. The molecule has 0 aromatic carbocycles. The summed E-state index contributed by atoms with van der Waals surface area (Å²) >= 11 is 0.438. The third-order valence-corrected chi connectivity index (χ3v) is 3.00. The number of rotatable bonds is 2. The van der Waals surface area contributed by atoms with E-state index in [-0.39, 0.29) is 18.2 Å². The molecule has 5 nitrogen and oxygen atoms in total. The van der Waals surface area contributed by atoms with Crippen molar-refractivity contribution in [2.45, 2.75) is 37.9 Å². The molecule has 0 unspecified atom stereocenters. The fourth-order valence-corrected chi connectivity index (χ4v) is 2.49. The van der Waals surface area contributed by atoms with Crippen molar-refractivity contribution in [1.82, 2.24) is 0 Å². The topological polar surface area (TPSA) is 54.0 Å². The molecule has 0 aromatic heterocycles. The number of hydrogen-bond donors (Lipinski definition) is 0. The van der Waals surface area contributed by atoms with Gasteiger partial charge in [-0.1, -0.05) is 0 Å². The van der Waals surface area contributed by atoms with E-state index in [9.17, 15) is 4.79 Å². The van der Waals surface area contributed by atoms with Gasteiger partial charge in [-0.05, 0) is 0 Å². The second kappa shape index (κ2) is 3.69. The van der Waals surface area contributed by atoms with Crippen molar-refractivity contribution in [3.63, 3.8) is 0 Å². The maximum absolute atomic E-state index is 11.4. The average molecular weight is 392 g/mol. The van der Waals surface area contributed by atoms with Crippen molar-refractivity contribution in [3.05, 3.63) is 0 Å². The fourth-order valence-electron chi connectivity index (χ4n) is 1.75. The number of hydrogen-bond acceptors (Lipinski definition) is 5. The number of cyclic esters (lactones) is 1. The first-order valence-corrected chi connectivity index (χ1v) is 6.24. The quantitative estimate of drug-likeness (QED) is 0.471. The third kappa shape index (κ3) is 1.82. The number of carbonyl (C=O) groups is 1. The van der Waals surface area contributed by atoms with Gasteiger partial charge in [0.1, 0.15) is 0 Å². The van der Waals surface area contributed by atoms with Gasteiger partial charge in [0, 0.05) is 0 Å². The first-order chi connectivity index (χ1) is 6.53. The Labute approximate surface area is 98.4 Å². The molecule has 2 aliphatic rings. The zero-order valence-electron chi connectivity index (χ0n) is 8.06. The van der Waals surface area contributed by atoms with Gasteiger partial charge in [-0.3, -0.25) is 0 Å². The summed E-state index contributed by atoms with van der Waals surface area (Å²) in [5, 5.41) is 0. The average Bonchev–Trinajstić information content (AvgIpc) is 2.51. The molecule has 0 spiro atoms. The molecule has 2 rings (SSSR count). The predicted molar refractivity (Wildman–Crippen MR) is 45.4 cm³/mol. The summed E-state index contributed by atoms with van der Waals surface area (Å²) in [7, 11) is 0. The Morgan fingerprint density at radius 3 is 2.86 bits per heavy atom. The molecule has 6 heteroatoms. The van der Waals surface area contributed by atoms with Crippen molar-refractivity contribution in [1.29, 1.82) is 0 Å². The molecule has 3 atom stereocenters. The molecule has 0 radical (unpaired) electrons. The Kier molecular flexibility index (Phi) is 2.84. The van der Waals surface area contributed by atoms with E-state index in [0.29, 0.717) is 32.8 Å². The van der Waals surface area contributed by atoms with Crippen LogP contribution < -0.4 is 0 Å². The molecule has 2 fully saturated rings. The van der Waals surface area contributed by atoms with E-state index in [4.69, 9.17) is 16.9 Å². The SMILES string of the molecule is CC1(C)O[C@@H]2[C@@H](C[O][Tl])OC(=O)[C@@H]2O1. The van der Waals surface area contributed by atoms with Crippen LogP contribution in [0, 0.1) is 0 Å². The number of ether oxygens (including phenoxy) is 3. The van der Waals surface area contributed by atoms with Crippen molar-refractivity contribution in [2.75, 3.05) is 6.61 Å². The number of fused-ring (bicyclic) bond motifs is 1. The van der Waals surface area contributed by atoms with E-state index in [2.05, 4.69) is 0 Å². The van der Waals surface area contributed by atoms with E-state index < -0.39 is 11.9 Å². The molecule has 2 aliphatic heterocycles. The molecule has 0 amide bonds. The molecule has 0 N–H and O–H groups in total. The van der Waals surface area contributed by atoms with Gasteiger partial charge in [0.2, 0.25) is 0 Å². The van der Waals surface area contributed by atoms with Crippen molar-refractivity contribution in [3.8, 4) is 0 Å². The van der Waals surface area contributed by atoms with Crippen molar-refractivity contribution >= 4 is 32.2 Å². The van der Waals surface area contributed by atoms with Crippen LogP contribution in [0.5, 0.6) is 0 Å². The van der Waals surface area contributed by atoms with Crippen molar-refractivity contribution < 1.29 is 21.7 Å². The summed E-state index contributed by atoms with van der Waals surface area (Å²) in [6.45, 7) is 3.99. The molecule has 2 saturated heterocycles. The summed E-state index contributed by atoms with van der Waals surface area (Å²) in [6.07, 6.45) is -1.19. The molecule has 0 saturated carbocycles. The first-order valence-electron chi connectivity index (χ1n) is 4.41. The van der Waals surface area contributed by atoms with Crippen molar-refractivity contribution in [2.24, 2.45) is 0 Å². The fraction of sp³-hybridized carbons (Fsp3) is 0.875. The molecule has 0 aromatic rings. The van der Waals surface area contributed by atoms with E-state index in [1.54, 1.807) is 13.8 Å². The zero-order valence-corrected chi connectivity index (χ0v) is 12.5. The van der Waals surface area contributed by atoms with Crippen LogP contribution in [-0.2, 0) is 21.7 Å². The molecule has 76 valence electrons. The van der Waals surface area contributed by atoms with Crippen LogP contribution in [0.1, 0.15) is 13.8 Å². The second-order valence-corrected chi connectivity index (χ2v) is 5.13. The first kappa shape index (κ1) is 10.8. The van der Waals surface area contributed by atoms with Crippen LogP contribution in [0.2, 0.25) is 0 Å². The van der Waals surface area contributed by atoms with Crippen LogP contribution in [0.15, 0.2) is 0 Å². The van der Waals surface area contributed by atoms with E-state index in [1.807, 2.05) is 0 Å². The Balaban J connectivity index is 2.11. The maximum atomic E-state index is 11.4. The van der Waals surface area contributed by atoms with E-state index in [1.165, 1.54) is 0 Å². The normalized spacial score (nSPS) is 39.5. The van der Waals surface area contributed by atoms with E-state index in [0.717, 1.165) is 0 Å². The Bertz CT molecular complexity index is 254. The number of esters is 1. The standard InChI is InChI=1S/C8H11O5.Tl/c1-8(2)12-5-4(3-9)11-7(10)6(5)13-8;/h4-6H,3H2,1-2H3;/q-1;+1/t4-,5-,6-;/m1./s1. The van der Waals surface area contributed by atoms with Gasteiger partial charge in [0.05, 0.1) is 0 Å². The Morgan fingerprint density at radius 1 is 1.50 bits per heavy atom. The molecular formula is C8H11O5Tl. The van der Waals surface area contributed by atoms with E-state index >= 15 is 0 Å². The number of carbonyl (C=O) groups excluding carboxylic acids is 1. The van der Waals surface area contributed by atoms with Crippen LogP contribution >= 0.6 is 0 Å². The summed E-state index contributed by atoms with van der Waals surface area (Å²) in [5.74, 6) is -1.03. The van der Waals surface area contributed by atoms with Crippen LogP contribution in [0.3, 0.4) is 0 Å². The molecule has 0 aliphatic carbocycles. The Morgan fingerprint density at radius 2 is 2.21 bits per heavy atom.